The molecule has 5 heteroatoms. The van der Waals surface area contributed by atoms with Crippen LogP contribution in [-0.2, 0) is 0 Å². The highest BCUT2D eigenvalue weighted by molar-refractivity contribution is 9.13. The van der Waals surface area contributed by atoms with Crippen LogP contribution in [0.5, 0.6) is 0 Å². The van der Waals surface area contributed by atoms with Gasteiger partial charge in [0.05, 0.1) is 9.08 Å². The summed E-state index contributed by atoms with van der Waals surface area (Å²) < 4.78 is 3.24. The van der Waals surface area contributed by atoms with Crippen LogP contribution < -0.4 is 0 Å². The third-order valence-corrected chi connectivity index (χ3v) is 3.61. The largest absolute Gasteiger partial charge is 0.477 e. The zero-order valence-electron chi connectivity index (χ0n) is 7.21. The third kappa shape index (κ3) is 1.96. The monoisotopic (exact) mass is 309 g/mol. The van der Waals surface area contributed by atoms with Crippen molar-refractivity contribution in [3.8, 4) is 0 Å². The maximum absolute atomic E-state index is 10.8. The van der Waals surface area contributed by atoms with E-state index in [2.05, 4.69) is 31.9 Å². The molecule has 0 aliphatic carbocycles. The molecule has 0 fully saturated rings. The first-order valence-corrected chi connectivity index (χ1v) is 5.33. The number of aromatic nitrogens is 1. The molecule has 0 unspecified atom stereocenters. The molecule has 0 spiro atoms. The van der Waals surface area contributed by atoms with Crippen LogP contribution in [0.25, 0.3) is 0 Å². The van der Waals surface area contributed by atoms with Crippen LogP contribution in [-0.4, -0.2) is 15.6 Å². The van der Waals surface area contributed by atoms with Crippen molar-refractivity contribution in [1.82, 2.24) is 4.57 Å². The number of nitrogens with zero attached hydrogens (tertiary/aromatic N) is 1. The van der Waals surface area contributed by atoms with E-state index in [0.717, 1.165) is 9.08 Å². The Hall–Kier alpha value is -0.290. The van der Waals surface area contributed by atoms with E-state index in [4.69, 9.17) is 5.11 Å². The third-order valence-electron chi connectivity index (χ3n) is 1.67. The van der Waals surface area contributed by atoms with Gasteiger partial charge in [-0.2, -0.15) is 0 Å². The minimum Gasteiger partial charge on any atom is -0.477 e. The fraction of sp³-hybridized carbons (Fsp3) is 0.375. The predicted molar refractivity (Wildman–Crippen MR) is 57.2 cm³/mol. The molecule has 0 bridgehead atoms. The van der Waals surface area contributed by atoms with Gasteiger partial charge < -0.3 is 9.67 Å². The van der Waals surface area contributed by atoms with Gasteiger partial charge in [0.25, 0.3) is 0 Å². The van der Waals surface area contributed by atoms with Gasteiger partial charge in [-0.25, -0.2) is 4.79 Å². The molecule has 0 radical (unpaired) electrons. The predicted octanol–water partition coefficient (Wildman–Crippen LogP) is 3.29. The minimum atomic E-state index is -0.917. The van der Waals surface area contributed by atoms with Gasteiger partial charge in [0.2, 0.25) is 0 Å². The summed E-state index contributed by atoms with van der Waals surface area (Å²) in [4.78, 5) is 10.8. The zero-order chi connectivity index (χ0) is 10.2. The van der Waals surface area contributed by atoms with Crippen LogP contribution in [0.15, 0.2) is 15.1 Å². The summed E-state index contributed by atoms with van der Waals surface area (Å²) in [6.45, 7) is 3.87. The van der Waals surface area contributed by atoms with Crippen molar-refractivity contribution in [2.45, 2.75) is 19.9 Å². The smallest absolute Gasteiger partial charge is 0.352 e. The quantitative estimate of drug-likeness (QED) is 0.910. The summed E-state index contributed by atoms with van der Waals surface area (Å²) in [6.07, 6.45) is 0. The standard InChI is InChI=1S/C8H9Br2NO2/c1-4(2)11-6(8(12)13)3-5(9)7(11)10/h3-4H,1-2H3,(H,12,13). The normalized spacial score (nSPS) is 10.8. The van der Waals surface area contributed by atoms with Crippen LogP contribution in [0.3, 0.4) is 0 Å². The number of hydrogen-bond acceptors (Lipinski definition) is 1. The first kappa shape index (κ1) is 10.8. The zero-order valence-corrected chi connectivity index (χ0v) is 10.4. The molecule has 13 heavy (non-hydrogen) atoms. The molecule has 0 atom stereocenters. The molecule has 1 aromatic rings. The second kappa shape index (κ2) is 3.84. The van der Waals surface area contributed by atoms with E-state index in [1.165, 1.54) is 0 Å². The highest BCUT2D eigenvalue weighted by Crippen LogP contribution is 2.30. The van der Waals surface area contributed by atoms with Gasteiger partial charge in [-0.05, 0) is 51.8 Å². The Balaban J connectivity index is 3.35. The first-order chi connectivity index (χ1) is 5.95. The molecule has 3 nitrogen and oxygen atoms in total. The average molecular weight is 311 g/mol. The van der Waals surface area contributed by atoms with Crippen molar-refractivity contribution in [2.75, 3.05) is 0 Å². The van der Waals surface area contributed by atoms with Crippen molar-refractivity contribution < 1.29 is 9.90 Å². The van der Waals surface area contributed by atoms with Gasteiger partial charge in [0.15, 0.2) is 0 Å². The Kier molecular flexibility index (Phi) is 3.18. The second-order valence-corrected chi connectivity index (χ2v) is 4.54. The molecular weight excluding hydrogens is 302 g/mol. The number of rotatable bonds is 2. The van der Waals surface area contributed by atoms with E-state index in [0.29, 0.717) is 0 Å². The van der Waals surface area contributed by atoms with Crippen LogP contribution in [0.4, 0.5) is 0 Å². The fourth-order valence-corrected chi connectivity index (χ4v) is 2.26. The molecule has 0 amide bonds. The van der Waals surface area contributed by atoms with Gasteiger partial charge in [-0.15, -0.1) is 0 Å². The molecule has 1 N–H and O–H groups in total. The summed E-state index contributed by atoms with van der Waals surface area (Å²) in [5.41, 5.74) is 0.286. The van der Waals surface area contributed by atoms with Gasteiger partial charge in [-0.1, -0.05) is 0 Å². The van der Waals surface area contributed by atoms with Crippen molar-refractivity contribution in [2.24, 2.45) is 0 Å². The number of hydrogen-bond donors (Lipinski definition) is 1. The number of halogens is 2. The van der Waals surface area contributed by atoms with E-state index < -0.39 is 5.97 Å². The Bertz CT molecular complexity index is 344. The Morgan fingerprint density at radius 3 is 2.38 bits per heavy atom. The summed E-state index contributed by atoms with van der Waals surface area (Å²) in [6, 6.07) is 1.71. The van der Waals surface area contributed by atoms with Crippen molar-refractivity contribution in [3.05, 3.63) is 20.8 Å². The molecule has 0 aromatic carbocycles. The lowest BCUT2D eigenvalue weighted by Gasteiger charge is -2.11. The van der Waals surface area contributed by atoms with Crippen molar-refractivity contribution in [3.63, 3.8) is 0 Å². The lowest BCUT2D eigenvalue weighted by molar-refractivity contribution is 0.0683. The van der Waals surface area contributed by atoms with E-state index >= 15 is 0 Å². The Morgan fingerprint density at radius 2 is 2.08 bits per heavy atom. The Labute approximate surface area is 93.0 Å². The highest BCUT2D eigenvalue weighted by Gasteiger charge is 2.18. The molecule has 0 aliphatic rings. The molecule has 1 aromatic heterocycles. The molecular formula is C8H9Br2NO2. The highest BCUT2D eigenvalue weighted by atomic mass is 79.9. The van der Waals surface area contributed by atoms with E-state index in [-0.39, 0.29) is 11.7 Å². The molecule has 72 valence electrons. The molecule has 0 saturated heterocycles. The van der Waals surface area contributed by atoms with Gasteiger partial charge in [0, 0.05) is 6.04 Å². The minimum absolute atomic E-state index is 0.117. The van der Waals surface area contributed by atoms with Gasteiger partial charge >= 0.3 is 5.97 Å². The second-order valence-electron chi connectivity index (χ2n) is 2.94. The van der Waals surface area contributed by atoms with Crippen LogP contribution in [0, 0.1) is 0 Å². The number of carbonyl (C=O) groups is 1. The summed E-state index contributed by atoms with van der Waals surface area (Å²) >= 11 is 6.60. The molecule has 1 rings (SSSR count). The maximum atomic E-state index is 10.8. The van der Waals surface area contributed by atoms with E-state index in [1.807, 2.05) is 13.8 Å². The number of carboxylic acid groups (broad SMARTS) is 1. The Morgan fingerprint density at radius 1 is 1.54 bits per heavy atom. The van der Waals surface area contributed by atoms with Crippen molar-refractivity contribution in [1.29, 1.82) is 0 Å². The summed E-state index contributed by atoms with van der Waals surface area (Å²) in [7, 11) is 0. The van der Waals surface area contributed by atoms with Gasteiger partial charge in [-0.3, -0.25) is 0 Å². The first-order valence-electron chi connectivity index (χ1n) is 3.74. The van der Waals surface area contributed by atoms with Crippen LogP contribution in [0.1, 0.15) is 30.4 Å². The number of aromatic carboxylic acids is 1. The lowest BCUT2D eigenvalue weighted by atomic mass is 10.3. The average Bonchev–Trinajstić information content (AvgIpc) is 2.28. The maximum Gasteiger partial charge on any atom is 0.352 e. The van der Waals surface area contributed by atoms with Crippen LogP contribution in [0.2, 0.25) is 0 Å². The van der Waals surface area contributed by atoms with E-state index in [1.54, 1.807) is 10.6 Å². The van der Waals surface area contributed by atoms with Gasteiger partial charge in [0.1, 0.15) is 5.69 Å². The van der Waals surface area contributed by atoms with E-state index in [9.17, 15) is 4.79 Å². The topological polar surface area (TPSA) is 42.2 Å². The summed E-state index contributed by atoms with van der Waals surface area (Å²) in [5.74, 6) is -0.917. The van der Waals surface area contributed by atoms with Crippen molar-refractivity contribution >= 4 is 37.8 Å². The summed E-state index contributed by atoms with van der Waals surface area (Å²) in [5, 5.41) is 8.89. The molecule has 1 heterocycles. The lowest BCUT2D eigenvalue weighted by Crippen LogP contribution is -2.10. The SMILES string of the molecule is CC(C)n1c(C(=O)O)cc(Br)c1Br. The van der Waals surface area contributed by atoms with Crippen LogP contribution >= 0.6 is 31.9 Å². The molecule has 0 saturated carbocycles. The fourth-order valence-electron chi connectivity index (χ4n) is 1.14. The molecule has 0 aliphatic heterocycles. The number of carboxylic acids is 1.